The lowest BCUT2D eigenvalue weighted by Crippen LogP contribution is -2.08. The first-order valence-electron chi connectivity index (χ1n) is 6.14. The predicted molar refractivity (Wildman–Crippen MR) is 72.6 cm³/mol. The van der Waals surface area contributed by atoms with Crippen LogP contribution in [-0.2, 0) is 13.5 Å². The molecule has 0 saturated carbocycles. The number of methoxy groups -OCH3 is 1. The maximum atomic E-state index is 13.5. The van der Waals surface area contributed by atoms with E-state index in [2.05, 4.69) is 4.98 Å². The van der Waals surface area contributed by atoms with Crippen molar-refractivity contribution in [2.75, 3.05) is 13.7 Å². The minimum Gasteiger partial charge on any atom is -0.496 e. The molecule has 0 bridgehead atoms. The Morgan fingerprint density at radius 1 is 1.42 bits per heavy atom. The van der Waals surface area contributed by atoms with Gasteiger partial charge in [-0.05, 0) is 31.7 Å². The summed E-state index contributed by atoms with van der Waals surface area (Å²) in [5.41, 5.74) is 7.98. The quantitative estimate of drug-likeness (QED) is 0.918. The number of nitrogens with two attached hydrogens (primary N) is 1. The molecule has 0 fully saturated rings. The molecular formula is C14H18FN3O. The van der Waals surface area contributed by atoms with E-state index in [1.54, 1.807) is 13.2 Å². The molecule has 0 aliphatic rings. The van der Waals surface area contributed by atoms with Crippen molar-refractivity contribution in [2.45, 2.75) is 13.3 Å². The van der Waals surface area contributed by atoms with Gasteiger partial charge in [0.25, 0.3) is 0 Å². The van der Waals surface area contributed by atoms with Gasteiger partial charge in [0.05, 0.1) is 18.5 Å². The first kappa shape index (κ1) is 13.5. The lowest BCUT2D eigenvalue weighted by molar-refractivity contribution is 0.415. The van der Waals surface area contributed by atoms with Crippen LogP contribution in [0.5, 0.6) is 5.75 Å². The number of ether oxygens (including phenoxy) is 1. The molecule has 102 valence electrons. The highest BCUT2D eigenvalue weighted by molar-refractivity contribution is 5.70. The molecule has 0 unspecified atom stereocenters. The Bertz CT molecular complexity index is 593. The van der Waals surface area contributed by atoms with Gasteiger partial charge in [0, 0.05) is 19.0 Å². The summed E-state index contributed by atoms with van der Waals surface area (Å²) in [7, 11) is 3.48. The summed E-state index contributed by atoms with van der Waals surface area (Å²) in [4.78, 5) is 4.49. The third-order valence-corrected chi connectivity index (χ3v) is 3.15. The van der Waals surface area contributed by atoms with Crippen LogP contribution in [0.25, 0.3) is 11.3 Å². The van der Waals surface area contributed by atoms with E-state index < -0.39 is 0 Å². The van der Waals surface area contributed by atoms with Crippen molar-refractivity contribution in [3.05, 3.63) is 35.5 Å². The van der Waals surface area contributed by atoms with Crippen LogP contribution in [0.1, 0.15) is 11.5 Å². The standard InChI is InChI=1S/C14H18FN3O/c1-9-14(18(2)13(17-9)6-7-16)11-8-10(15)4-5-12(11)19-3/h4-5,8H,6-7,16H2,1-3H3. The zero-order chi connectivity index (χ0) is 14.0. The Labute approximate surface area is 112 Å². The molecule has 1 aromatic carbocycles. The average molecular weight is 263 g/mol. The second kappa shape index (κ2) is 5.40. The largest absolute Gasteiger partial charge is 0.496 e. The maximum absolute atomic E-state index is 13.5. The summed E-state index contributed by atoms with van der Waals surface area (Å²) < 4.78 is 20.7. The number of rotatable bonds is 4. The second-order valence-electron chi connectivity index (χ2n) is 4.40. The first-order valence-corrected chi connectivity index (χ1v) is 6.14. The third kappa shape index (κ3) is 2.46. The van der Waals surface area contributed by atoms with Gasteiger partial charge in [-0.3, -0.25) is 0 Å². The lowest BCUT2D eigenvalue weighted by Gasteiger charge is -2.11. The van der Waals surface area contributed by atoms with Crippen LogP contribution in [0.2, 0.25) is 0 Å². The molecular weight excluding hydrogens is 245 g/mol. The molecule has 5 heteroatoms. The van der Waals surface area contributed by atoms with Gasteiger partial charge in [-0.25, -0.2) is 9.37 Å². The molecule has 0 aliphatic carbocycles. The molecule has 2 rings (SSSR count). The summed E-state index contributed by atoms with van der Waals surface area (Å²) in [5, 5.41) is 0. The van der Waals surface area contributed by atoms with E-state index in [0.29, 0.717) is 24.3 Å². The van der Waals surface area contributed by atoms with Crippen molar-refractivity contribution in [1.82, 2.24) is 9.55 Å². The SMILES string of the molecule is COc1ccc(F)cc1-c1c(C)nc(CCN)n1C. The van der Waals surface area contributed by atoms with Gasteiger partial charge in [-0.15, -0.1) is 0 Å². The van der Waals surface area contributed by atoms with E-state index in [9.17, 15) is 4.39 Å². The van der Waals surface area contributed by atoms with Gasteiger partial charge in [-0.2, -0.15) is 0 Å². The Morgan fingerprint density at radius 3 is 2.79 bits per heavy atom. The van der Waals surface area contributed by atoms with Gasteiger partial charge in [0.1, 0.15) is 17.4 Å². The Kier molecular flexibility index (Phi) is 3.85. The topological polar surface area (TPSA) is 53.1 Å². The van der Waals surface area contributed by atoms with Crippen LogP contribution >= 0.6 is 0 Å². The molecule has 4 nitrogen and oxygen atoms in total. The zero-order valence-corrected chi connectivity index (χ0v) is 11.4. The van der Waals surface area contributed by atoms with Gasteiger partial charge in [-0.1, -0.05) is 0 Å². The fourth-order valence-corrected chi connectivity index (χ4v) is 2.29. The molecule has 19 heavy (non-hydrogen) atoms. The van der Waals surface area contributed by atoms with E-state index in [1.807, 2.05) is 18.5 Å². The highest BCUT2D eigenvalue weighted by Gasteiger charge is 2.17. The molecule has 0 aliphatic heterocycles. The van der Waals surface area contributed by atoms with Gasteiger partial charge in [0.15, 0.2) is 0 Å². The first-order chi connectivity index (χ1) is 9.08. The summed E-state index contributed by atoms with van der Waals surface area (Å²) in [6.07, 6.45) is 0.689. The molecule has 0 saturated heterocycles. The number of nitrogens with zero attached hydrogens (tertiary/aromatic N) is 2. The van der Waals surface area contributed by atoms with Crippen molar-refractivity contribution in [1.29, 1.82) is 0 Å². The molecule has 0 atom stereocenters. The fraction of sp³-hybridized carbons (Fsp3) is 0.357. The summed E-state index contributed by atoms with van der Waals surface area (Å²) in [6.45, 7) is 2.43. The minimum atomic E-state index is -0.295. The zero-order valence-electron chi connectivity index (χ0n) is 11.4. The molecule has 0 amide bonds. The molecule has 0 spiro atoms. The molecule has 2 N–H and O–H groups in total. The lowest BCUT2D eigenvalue weighted by atomic mass is 10.1. The van der Waals surface area contributed by atoms with Crippen molar-refractivity contribution >= 4 is 0 Å². The highest BCUT2D eigenvalue weighted by atomic mass is 19.1. The van der Waals surface area contributed by atoms with E-state index in [-0.39, 0.29) is 5.82 Å². The smallest absolute Gasteiger partial charge is 0.128 e. The monoisotopic (exact) mass is 263 g/mol. The van der Waals surface area contributed by atoms with Gasteiger partial charge >= 0.3 is 0 Å². The summed E-state index contributed by atoms with van der Waals surface area (Å²) >= 11 is 0. The number of benzene rings is 1. The van der Waals surface area contributed by atoms with Crippen LogP contribution in [0, 0.1) is 12.7 Å². The van der Waals surface area contributed by atoms with E-state index in [1.165, 1.54) is 12.1 Å². The summed E-state index contributed by atoms with van der Waals surface area (Å²) in [5.74, 6) is 1.23. The van der Waals surface area contributed by atoms with Crippen molar-refractivity contribution in [2.24, 2.45) is 12.8 Å². The molecule has 0 radical (unpaired) electrons. The highest BCUT2D eigenvalue weighted by Crippen LogP contribution is 2.33. The van der Waals surface area contributed by atoms with Crippen molar-refractivity contribution in [3.8, 4) is 17.0 Å². The molecule has 1 heterocycles. The number of hydrogen-bond donors (Lipinski definition) is 1. The number of hydrogen-bond acceptors (Lipinski definition) is 3. The normalized spacial score (nSPS) is 10.8. The van der Waals surface area contributed by atoms with Crippen LogP contribution < -0.4 is 10.5 Å². The number of aromatic nitrogens is 2. The summed E-state index contributed by atoms with van der Waals surface area (Å²) in [6, 6.07) is 4.48. The predicted octanol–water partition coefficient (Wildman–Crippen LogP) is 2.04. The molecule has 1 aromatic heterocycles. The Hall–Kier alpha value is -1.88. The van der Waals surface area contributed by atoms with Crippen LogP contribution in [-0.4, -0.2) is 23.2 Å². The maximum Gasteiger partial charge on any atom is 0.128 e. The number of aryl methyl sites for hydroxylation is 1. The van der Waals surface area contributed by atoms with Crippen LogP contribution in [0.15, 0.2) is 18.2 Å². The average Bonchev–Trinajstić information content (AvgIpc) is 2.65. The fourth-order valence-electron chi connectivity index (χ4n) is 2.29. The number of imidazole rings is 1. The number of halogens is 1. The molecule has 2 aromatic rings. The van der Waals surface area contributed by atoms with Crippen LogP contribution in [0.4, 0.5) is 4.39 Å². The minimum absolute atomic E-state index is 0.295. The second-order valence-corrected chi connectivity index (χ2v) is 4.40. The van der Waals surface area contributed by atoms with E-state index >= 15 is 0 Å². The Balaban J connectivity index is 2.61. The Morgan fingerprint density at radius 2 is 2.16 bits per heavy atom. The van der Waals surface area contributed by atoms with E-state index in [4.69, 9.17) is 10.5 Å². The van der Waals surface area contributed by atoms with Gasteiger partial charge in [0.2, 0.25) is 0 Å². The van der Waals surface area contributed by atoms with Crippen molar-refractivity contribution in [3.63, 3.8) is 0 Å². The van der Waals surface area contributed by atoms with Gasteiger partial charge < -0.3 is 15.0 Å². The van der Waals surface area contributed by atoms with Crippen molar-refractivity contribution < 1.29 is 9.13 Å². The van der Waals surface area contributed by atoms with E-state index in [0.717, 1.165) is 17.2 Å². The third-order valence-electron chi connectivity index (χ3n) is 3.15. The van der Waals surface area contributed by atoms with Crippen LogP contribution in [0.3, 0.4) is 0 Å².